The lowest BCUT2D eigenvalue weighted by Gasteiger charge is -2.34. The van der Waals surface area contributed by atoms with Crippen LogP contribution in [-0.2, 0) is 5.54 Å². The smallest absolute Gasteiger partial charge is 0.123 e. The van der Waals surface area contributed by atoms with Crippen LogP contribution in [0.2, 0.25) is 0 Å². The fourth-order valence-electron chi connectivity index (χ4n) is 2.20. The molecule has 0 spiro atoms. The van der Waals surface area contributed by atoms with E-state index in [2.05, 4.69) is 21.2 Å². The Morgan fingerprint density at radius 2 is 1.80 bits per heavy atom. The average molecular weight is 338 g/mol. The zero-order valence-electron chi connectivity index (χ0n) is 11.2. The van der Waals surface area contributed by atoms with Crippen molar-refractivity contribution in [3.8, 4) is 0 Å². The molecule has 0 saturated carbocycles. The Labute approximate surface area is 126 Å². The molecule has 0 saturated heterocycles. The fraction of sp³-hybridized carbons (Fsp3) is 0.250. The molecule has 0 aliphatic heterocycles. The van der Waals surface area contributed by atoms with E-state index in [0.717, 1.165) is 15.7 Å². The molecule has 2 nitrogen and oxygen atoms in total. The molecule has 2 rings (SSSR count). The quantitative estimate of drug-likeness (QED) is 0.852. The minimum absolute atomic E-state index is 0.0729. The molecule has 0 amide bonds. The van der Waals surface area contributed by atoms with Gasteiger partial charge in [-0.25, -0.2) is 4.39 Å². The van der Waals surface area contributed by atoms with Crippen LogP contribution in [-0.4, -0.2) is 11.7 Å². The van der Waals surface area contributed by atoms with Gasteiger partial charge < -0.3 is 10.4 Å². The van der Waals surface area contributed by atoms with E-state index < -0.39 is 5.54 Å². The minimum atomic E-state index is -0.627. The molecule has 0 aliphatic carbocycles. The largest absolute Gasteiger partial charge is 0.394 e. The number of nitrogens with one attached hydrogen (secondary N) is 1. The second-order valence-corrected chi connectivity index (χ2v) is 5.56. The number of hydrogen-bond donors (Lipinski definition) is 2. The monoisotopic (exact) mass is 337 g/mol. The van der Waals surface area contributed by atoms with Crippen molar-refractivity contribution in [2.45, 2.75) is 18.9 Å². The van der Waals surface area contributed by atoms with Crippen LogP contribution < -0.4 is 5.32 Å². The van der Waals surface area contributed by atoms with E-state index in [0.29, 0.717) is 6.42 Å². The molecule has 0 heterocycles. The molecular formula is C16H17BrFNO. The summed E-state index contributed by atoms with van der Waals surface area (Å²) >= 11 is 3.49. The number of para-hydroxylation sites is 1. The number of aliphatic hydroxyl groups is 1. The van der Waals surface area contributed by atoms with Gasteiger partial charge in [0.25, 0.3) is 0 Å². The summed E-state index contributed by atoms with van der Waals surface area (Å²) in [6.07, 6.45) is 0.677. The number of aliphatic hydroxyl groups excluding tert-OH is 1. The molecule has 0 radical (unpaired) electrons. The molecule has 0 bridgehead atoms. The lowest BCUT2D eigenvalue weighted by atomic mass is 9.87. The Morgan fingerprint density at radius 3 is 2.35 bits per heavy atom. The third kappa shape index (κ3) is 3.02. The van der Waals surface area contributed by atoms with Crippen LogP contribution >= 0.6 is 15.9 Å². The highest BCUT2D eigenvalue weighted by atomic mass is 79.9. The Balaban J connectivity index is 2.39. The maximum atomic E-state index is 13.1. The minimum Gasteiger partial charge on any atom is -0.394 e. The summed E-state index contributed by atoms with van der Waals surface area (Å²) in [5.74, 6) is -0.280. The number of anilines is 1. The normalized spacial score (nSPS) is 13.8. The van der Waals surface area contributed by atoms with Gasteiger partial charge in [-0.05, 0) is 52.2 Å². The van der Waals surface area contributed by atoms with Crippen LogP contribution in [0.4, 0.5) is 10.1 Å². The molecule has 2 N–H and O–H groups in total. The topological polar surface area (TPSA) is 32.3 Å². The van der Waals surface area contributed by atoms with Crippen molar-refractivity contribution in [1.82, 2.24) is 0 Å². The first-order chi connectivity index (χ1) is 9.61. The van der Waals surface area contributed by atoms with Gasteiger partial charge in [-0.1, -0.05) is 31.2 Å². The summed E-state index contributed by atoms with van der Waals surface area (Å²) in [7, 11) is 0. The number of rotatable bonds is 5. The number of benzene rings is 2. The first kappa shape index (κ1) is 15.0. The van der Waals surface area contributed by atoms with Crippen LogP contribution in [0.1, 0.15) is 18.9 Å². The SMILES string of the molecule is CCC(CO)(Nc1ccccc1Br)c1ccc(F)cc1. The van der Waals surface area contributed by atoms with Crippen LogP contribution in [0.25, 0.3) is 0 Å². The van der Waals surface area contributed by atoms with Crippen molar-refractivity contribution in [2.24, 2.45) is 0 Å². The van der Waals surface area contributed by atoms with Gasteiger partial charge in [0.2, 0.25) is 0 Å². The molecule has 0 aromatic heterocycles. The molecular weight excluding hydrogens is 321 g/mol. The molecule has 1 unspecified atom stereocenters. The highest BCUT2D eigenvalue weighted by Crippen LogP contribution is 2.32. The van der Waals surface area contributed by atoms with Crippen molar-refractivity contribution < 1.29 is 9.50 Å². The van der Waals surface area contributed by atoms with Gasteiger partial charge in [-0.15, -0.1) is 0 Å². The van der Waals surface area contributed by atoms with Gasteiger partial charge in [-0.2, -0.15) is 0 Å². The van der Waals surface area contributed by atoms with Crippen molar-refractivity contribution in [1.29, 1.82) is 0 Å². The van der Waals surface area contributed by atoms with Gasteiger partial charge in [0.1, 0.15) is 5.82 Å². The highest BCUT2D eigenvalue weighted by molar-refractivity contribution is 9.10. The van der Waals surface area contributed by atoms with Gasteiger partial charge in [-0.3, -0.25) is 0 Å². The first-order valence-corrected chi connectivity index (χ1v) is 7.30. The lowest BCUT2D eigenvalue weighted by molar-refractivity contribution is 0.207. The van der Waals surface area contributed by atoms with E-state index in [1.807, 2.05) is 31.2 Å². The van der Waals surface area contributed by atoms with E-state index in [4.69, 9.17) is 0 Å². The molecule has 2 aromatic rings. The van der Waals surface area contributed by atoms with Crippen LogP contribution in [0.3, 0.4) is 0 Å². The summed E-state index contributed by atoms with van der Waals surface area (Å²) < 4.78 is 14.0. The molecule has 0 fully saturated rings. The third-order valence-corrected chi connectivity index (χ3v) is 4.21. The van der Waals surface area contributed by atoms with Gasteiger partial charge in [0.15, 0.2) is 0 Å². The molecule has 20 heavy (non-hydrogen) atoms. The van der Waals surface area contributed by atoms with Crippen LogP contribution in [0.5, 0.6) is 0 Å². The zero-order valence-corrected chi connectivity index (χ0v) is 12.8. The first-order valence-electron chi connectivity index (χ1n) is 6.51. The summed E-state index contributed by atoms with van der Waals surface area (Å²) in [5.41, 5.74) is 1.13. The molecule has 4 heteroatoms. The van der Waals surface area contributed by atoms with E-state index in [-0.39, 0.29) is 12.4 Å². The van der Waals surface area contributed by atoms with Gasteiger partial charge >= 0.3 is 0 Å². The predicted octanol–water partition coefficient (Wildman–Crippen LogP) is 4.30. The molecule has 0 aliphatic rings. The maximum Gasteiger partial charge on any atom is 0.123 e. The Morgan fingerprint density at radius 1 is 1.15 bits per heavy atom. The Kier molecular flexibility index (Phi) is 4.78. The number of hydrogen-bond acceptors (Lipinski definition) is 2. The molecule has 106 valence electrons. The second kappa shape index (κ2) is 6.37. The predicted molar refractivity (Wildman–Crippen MR) is 83.2 cm³/mol. The van der Waals surface area contributed by atoms with Crippen LogP contribution in [0, 0.1) is 5.82 Å². The Hall–Kier alpha value is -1.39. The van der Waals surface area contributed by atoms with Gasteiger partial charge in [0.05, 0.1) is 12.1 Å². The fourth-order valence-corrected chi connectivity index (χ4v) is 2.58. The molecule has 2 aromatic carbocycles. The van der Waals surface area contributed by atoms with E-state index in [9.17, 15) is 9.50 Å². The second-order valence-electron chi connectivity index (χ2n) is 4.71. The zero-order chi connectivity index (χ0) is 14.6. The molecule has 1 atom stereocenters. The van der Waals surface area contributed by atoms with E-state index in [1.54, 1.807) is 12.1 Å². The van der Waals surface area contributed by atoms with Crippen molar-refractivity contribution in [3.63, 3.8) is 0 Å². The van der Waals surface area contributed by atoms with Gasteiger partial charge in [0, 0.05) is 10.2 Å². The van der Waals surface area contributed by atoms with E-state index in [1.165, 1.54) is 12.1 Å². The summed E-state index contributed by atoms with van der Waals surface area (Å²) in [6.45, 7) is 1.92. The highest BCUT2D eigenvalue weighted by Gasteiger charge is 2.30. The lowest BCUT2D eigenvalue weighted by Crippen LogP contribution is -2.38. The maximum absolute atomic E-state index is 13.1. The average Bonchev–Trinajstić information content (AvgIpc) is 2.48. The summed E-state index contributed by atoms with van der Waals surface area (Å²) in [5, 5.41) is 13.3. The standard InChI is InChI=1S/C16H17BrFNO/c1-2-16(11-20,12-7-9-13(18)10-8-12)19-15-6-4-3-5-14(15)17/h3-10,19-20H,2,11H2,1H3. The van der Waals surface area contributed by atoms with Crippen LogP contribution in [0.15, 0.2) is 53.0 Å². The van der Waals surface area contributed by atoms with Crippen molar-refractivity contribution >= 4 is 21.6 Å². The number of halogens is 2. The van der Waals surface area contributed by atoms with Crippen molar-refractivity contribution in [3.05, 3.63) is 64.4 Å². The Bertz CT molecular complexity index is 567. The van der Waals surface area contributed by atoms with E-state index >= 15 is 0 Å². The summed E-state index contributed by atoms with van der Waals surface area (Å²) in [4.78, 5) is 0. The third-order valence-electron chi connectivity index (χ3n) is 3.52. The summed E-state index contributed by atoms with van der Waals surface area (Å²) in [6, 6.07) is 14.0. The van der Waals surface area contributed by atoms with Crippen molar-refractivity contribution in [2.75, 3.05) is 11.9 Å².